The van der Waals surface area contributed by atoms with Gasteiger partial charge in [-0.05, 0) is 48.4 Å². The lowest BCUT2D eigenvalue weighted by Gasteiger charge is -2.22. The van der Waals surface area contributed by atoms with E-state index >= 15 is 0 Å². The molecule has 5 aliphatic rings. The summed E-state index contributed by atoms with van der Waals surface area (Å²) in [6.45, 7) is 0.351. The number of para-hydroxylation sites is 2. The number of likely N-dealkylation sites (tertiary alicyclic amines) is 1. The molecule has 1 saturated heterocycles. The molecule has 3 amide bonds. The summed E-state index contributed by atoms with van der Waals surface area (Å²) >= 11 is 0. The number of aryl methyl sites for hydroxylation is 2. The molecule has 3 aromatic carbocycles. The number of nitrogens with one attached hydrogen (secondary N) is 3. The summed E-state index contributed by atoms with van der Waals surface area (Å²) in [4.78, 5) is 60.7. The highest BCUT2D eigenvalue weighted by molar-refractivity contribution is 5.80. The number of carbonyl (C=O) groups is 3. The van der Waals surface area contributed by atoms with E-state index < -0.39 is 18.1 Å². The molecule has 0 unspecified atom stereocenters. The zero-order valence-electron chi connectivity index (χ0n) is 26.7. The van der Waals surface area contributed by atoms with E-state index in [0.29, 0.717) is 40.5 Å². The number of methoxy groups -OCH3 is 2. The maximum absolute atomic E-state index is 13.4. The highest BCUT2D eigenvalue weighted by atomic mass is 16.5. The van der Waals surface area contributed by atoms with Crippen molar-refractivity contribution in [2.24, 2.45) is 0 Å². The molecule has 1 aromatic heterocycles. The number of rotatable bonds is 5. The first kappa shape index (κ1) is 32.4. The number of aromatic amines is 1. The number of aromatic nitrogens is 2. The van der Waals surface area contributed by atoms with Crippen LogP contribution in [0.5, 0.6) is 23.0 Å². The van der Waals surface area contributed by atoms with Crippen LogP contribution in [0.15, 0.2) is 65.5 Å². The number of hydrogen-bond donors (Lipinski definition) is 3. The number of H-pyrrole nitrogens is 1. The molecule has 48 heavy (non-hydrogen) atoms. The summed E-state index contributed by atoms with van der Waals surface area (Å²) in [6.07, 6.45) is 0.356. The number of fused-ring (bicyclic) bond motifs is 1. The zero-order chi connectivity index (χ0) is 33.6. The predicted molar refractivity (Wildman–Crippen MR) is 175 cm³/mol. The molecule has 3 N–H and O–H groups in total. The van der Waals surface area contributed by atoms with Crippen LogP contribution in [0.1, 0.15) is 29.7 Å². The Kier molecular flexibility index (Phi) is 9.74. The van der Waals surface area contributed by atoms with Gasteiger partial charge < -0.3 is 39.5 Å². The summed E-state index contributed by atoms with van der Waals surface area (Å²) in [6, 6.07) is 17.3. The van der Waals surface area contributed by atoms with Crippen LogP contribution in [0.3, 0.4) is 0 Å². The molecule has 0 radical (unpaired) electrons. The Bertz CT molecular complexity index is 1890. The Morgan fingerprint density at radius 3 is 2.62 bits per heavy atom. The average molecular weight is 656 g/mol. The van der Waals surface area contributed by atoms with Crippen molar-refractivity contribution < 1.29 is 33.3 Å². The molecule has 6 heterocycles. The van der Waals surface area contributed by atoms with Crippen LogP contribution in [0.25, 0.3) is 11.0 Å². The second-order valence-electron chi connectivity index (χ2n) is 11.7. The molecular formula is C35H37N5O8. The Morgan fingerprint density at radius 2 is 1.79 bits per heavy atom. The van der Waals surface area contributed by atoms with E-state index in [1.807, 2.05) is 24.3 Å². The minimum absolute atomic E-state index is 0.0505. The minimum atomic E-state index is -0.602. The minimum Gasteiger partial charge on any atom is -0.496 e. The van der Waals surface area contributed by atoms with Gasteiger partial charge in [0.05, 0.1) is 37.8 Å². The average Bonchev–Trinajstić information content (AvgIpc) is 3.49. The van der Waals surface area contributed by atoms with Gasteiger partial charge in [-0.1, -0.05) is 18.2 Å². The summed E-state index contributed by atoms with van der Waals surface area (Å²) in [5.41, 5.74) is 2.86. The van der Waals surface area contributed by atoms with Gasteiger partial charge in [0.15, 0.2) is 18.1 Å². The van der Waals surface area contributed by atoms with E-state index in [1.54, 1.807) is 41.3 Å². The Balaban J connectivity index is 1.21. The van der Waals surface area contributed by atoms with E-state index in [2.05, 4.69) is 20.6 Å². The molecule has 4 aromatic rings. The van der Waals surface area contributed by atoms with Gasteiger partial charge in [-0.2, -0.15) is 0 Å². The van der Waals surface area contributed by atoms with Crippen LogP contribution < -0.4 is 35.1 Å². The first-order valence-corrected chi connectivity index (χ1v) is 15.7. The highest BCUT2D eigenvalue weighted by Crippen LogP contribution is 2.30. The molecule has 4 bridgehead atoms. The molecular weight excluding hydrogens is 618 g/mol. The fourth-order valence-corrected chi connectivity index (χ4v) is 5.89. The van der Waals surface area contributed by atoms with Gasteiger partial charge in [0.2, 0.25) is 11.8 Å². The molecule has 0 spiro atoms. The number of amides is 3. The van der Waals surface area contributed by atoms with E-state index in [9.17, 15) is 19.2 Å². The Labute approximate surface area is 276 Å². The molecule has 13 nitrogen and oxygen atoms in total. The summed E-state index contributed by atoms with van der Waals surface area (Å²) in [5, 5.41) is 5.91. The maximum atomic E-state index is 13.4. The fourth-order valence-electron chi connectivity index (χ4n) is 5.89. The van der Waals surface area contributed by atoms with Gasteiger partial charge in [-0.25, -0.2) is 4.98 Å². The molecule has 5 aliphatic heterocycles. The largest absolute Gasteiger partial charge is 0.496 e. The van der Waals surface area contributed by atoms with E-state index in [1.165, 1.54) is 14.2 Å². The molecule has 13 heteroatoms. The van der Waals surface area contributed by atoms with Crippen LogP contribution in [-0.4, -0.2) is 78.7 Å². The first-order chi connectivity index (χ1) is 23.3. The van der Waals surface area contributed by atoms with Gasteiger partial charge in [0.1, 0.15) is 23.3 Å². The first-order valence-electron chi connectivity index (χ1n) is 15.7. The highest BCUT2D eigenvalue weighted by Gasteiger charge is 2.38. The monoisotopic (exact) mass is 655 g/mol. The van der Waals surface area contributed by atoms with Gasteiger partial charge >= 0.3 is 0 Å². The smallest absolute Gasteiger partial charge is 0.270 e. The van der Waals surface area contributed by atoms with Gasteiger partial charge in [0, 0.05) is 44.0 Å². The lowest BCUT2D eigenvalue weighted by molar-refractivity contribution is -0.130. The van der Waals surface area contributed by atoms with E-state index in [0.717, 1.165) is 11.1 Å². The van der Waals surface area contributed by atoms with Crippen LogP contribution >= 0.6 is 0 Å². The van der Waals surface area contributed by atoms with Crippen molar-refractivity contribution in [1.82, 2.24) is 25.5 Å². The molecule has 0 saturated carbocycles. The molecule has 1 fully saturated rings. The van der Waals surface area contributed by atoms with Gasteiger partial charge in [0.25, 0.3) is 11.5 Å². The van der Waals surface area contributed by atoms with Crippen molar-refractivity contribution in [3.05, 3.63) is 87.8 Å². The number of nitrogens with zero attached hydrogens (tertiary/aromatic N) is 2. The zero-order valence-corrected chi connectivity index (χ0v) is 26.7. The number of hydrogen-bond acceptors (Lipinski definition) is 9. The summed E-state index contributed by atoms with van der Waals surface area (Å²) < 4.78 is 23.2. The fraction of sp³-hybridized carbons (Fsp3) is 0.343. The van der Waals surface area contributed by atoms with Crippen LogP contribution in [0.4, 0.5) is 0 Å². The third-order valence-electron chi connectivity index (χ3n) is 8.46. The normalized spacial score (nSPS) is 18.3. The SMILES string of the molecule is COc1cc2ccc1CNC(=O)CCc1ccc(c(OC)c1)OCC(=O)N[C@@H]1CN(C(=O)CCc3nc4ccccc4[nH]c3=O)C[C@H]1O2. The van der Waals surface area contributed by atoms with E-state index in [-0.39, 0.29) is 68.6 Å². The van der Waals surface area contributed by atoms with Crippen molar-refractivity contribution in [3.8, 4) is 23.0 Å². The topological polar surface area (TPSA) is 161 Å². The Morgan fingerprint density at radius 1 is 0.958 bits per heavy atom. The lowest BCUT2D eigenvalue weighted by Crippen LogP contribution is -2.46. The standard InChI is InChI=1S/C35H37N5O8/c1-45-29-16-23-10-9-22(29)17-36-32(41)13-8-21-7-12-28(30(15-21)46-2)47-20-33(42)38-27-18-40(19-31(27)48-23)34(43)14-11-26-35(44)39-25-6-4-3-5-24(25)37-26/h3-7,9-10,12,15-16,27,31H,8,11,13-14,17-20H2,1-2H3,(H,36,41)(H,38,42)(H,39,44)/t27-,31-/m1/s1. The number of benzene rings is 3. The Hall–Kier alpha value is -5.59. The second kappa shape index (κ2) is 14.4. The molecule has 9 rings (SSSR count). The number of carbonyl (C=O) groups excluding carboxylic acids is 3. The molecule has 0 aliphatic carbocycles. The van der Waals surface area contributed by atoms with Crippen molar-refractivity contribution in [2.45, 2.75) is 44.4 Å². The molecule has 250 valence electrons. The van der Waals surface area contributed by atoms with Crippen molar-refractivity contribution in [3.63, 3.8) is 0 Å². The summed E-state index contributed by atoms with van der Waals surface area (Å²) in [5.74, 6) is 1.10. The number of ether oxygens (including phenoxy) is 4. The van der Waals surface area contributed by atoms with Crippen molar-refractivity contribution in [2.75, 3.05) is 33.9 Å². The van der Waals surface area contributed by atoms with Crippen LogP contribution in [-0.2, 0) is 33.8 Å². The third kappa shape index (κ3) is 7.51. The van der Waals surface area contributed by atoms with Crippen molar-refractivity contribution >= 4 is 28.8 Å². The van der Waals surface area contributed by atoms with Crippen LogP contribution in [0.2, 0.25) is 0 Å². The van der Waals surface area contributed by atoms with Gasteiger partial charge in [-0.15, -0.1) is 0 Å². The lowest BCUT2D eigenvalue weighted by atomic mass is 10.1. The van der Waals surface area contributed by atoms with Gasteiger partial charge in [-0.3, -0.25) is 19.2 Å². The molecule has 2 atom stereocenters. The van der Waals surface area contributed by atoms with E-state index in [4.69, 9.17) is 18.9 Å². The second-order valence-corrected chi connectivity index (χ2v) is 11.7. The van der Waals surface area contributed by atoms with Crippen molar-refractivity contribution in [1.29, 1.82) is 0 Å². The predicted octanol–water partition coefficient (Wildman–Crippen LogP) is 2.29. The summed E-state index contributed by atoms with van der Waals surface area (Å²) in [7, 11) is 3.04. The quantitative estimate of drug-likeness (QED) is 0.293. The third-order valence-corrected chi connectivity index (χ3v) is 8.46. The maximum Gasteiger partial charge on any atom is 0.270 e. The van der Waals surface area contributed by atoms with Crippen LogP contribution in [0, 0.1) is 0 Å².